The molecule has 0 saturated carbocycles. The Morgan fingerprint density at radius 3 is 1.86 bits per heavy atom. The van der Waals surface area contributed by atoms with Gasteiger partial charge in [0.15, 0.2) is 0 Å². The summed E-state index contributed by atoms with van der Waals surface area (Å²) in [7, 11) is 0. The van der Waals surface area contributed by atoms with Crippen LogP contribution in [0, 0.1) is 13.5 Å². The summed E-state index contributed by atoms with van der Waals surface area (Å²) >= 11 is 0. The summed E-state index contributed by atoms with van der Waals surface area (Å²) in [5.74, 6) is 0.540. The van der Waals surface area contributed by atoms with E-state index in [-0.39, 0.29) is 21.1 Å². The third-order valence-corrected chi connectivity index (χ3v) is 2.97. The van der Waals surface area contributed by atoms with Crippen molar-refractivity contribution in [3.63, 3.8) is 0 Å². The van der Waals surface area contributed by atoms with Crippen LogP contribution in [0.4, 0.5) is 0 Å². The van der Waals surface area contributed by atoms with Crippen molar-refractivity contribution in [3.8, 4) is 22.4 Å². The molecule has 0 fully saturated rings. The zero-order valence-electron chi connectivity index (χ0n) is 12.1. The molecule has 0 amide bonds. The number of aromatic nitrogens is 2. The van der Waals surface area contributed by atoms with Gasteiger partial charge in [-0.15, -0.1) is 0 Å². The fraction of sp³-hybridized carbons (Fsp3) is 0. The normalized spacial score (nSPS) is 9.09. The molecule has 0 bridgehead atoms. The summed E-state index contributed by atoms with van der Waals surface area (Å²) in [6.45, 7) is 10.8. The molecule has 3 heteroatoms. The Labute approximate surface area is 146 Å². The van der Waals surface area contributed by atoms with Crippen LogP contribution < -0.4 is 0 Å². The van der Waals surface area contributed by atoms with Gasteiger partial charge in [-0.3, -0.25) is 16.5 Å². The van der Waals surface area contributed by atoms with Crippen molar-refractivity contribution >= 4 is 0 Å². The summed E-state index contributed by atoms with van der Waals surface area (Å²) in [5, 5.41) is 0. The van der Waals surface area contributed by atoms with E-state index >= 15 is 0 Å². The molecule has 1 aromatic heterocycles. The monoisotopic (exact) mass is 456 g/mol. The van der Waals surface area contributed by atoms with Crippen LogP contribution >= 0.6 is 0 Å². The topological polar surface area (TPSA) is 25.8 Å². The molecule has 108 valence electrons. The Morgan fingerprint density at radius 2 is 1.32 bits per heavy atom. The Bertz CT molecular complexity index is 697. The van der Waals surface area contributed by atoms with Crippen LogP contribution in [-0.4, -0.2) is 9.97 Å². The molecule has 0 unspecified atom stereocenters. The largest absolute Gasteiger partial charge is 2.00 e. The van der Waals surface area contributed by atoms with E-state index in [0.29, 0.717) is 5.82 Å². The number of benzene rings is 2. The van der Waals surface area contributed by atoms with Gasteiger partial charge in [0, 0.05) is 17.3 Å². The van der Waals surface area contributed by atoms with Crippen LogP contribution in [0.3, 0.4) is 0 Å². The van der Waals surface area contributed by atoms with Crippen LogP contribution in [0.5, 0.6) is 0 Å². The SMILES string of the molecule is [CH-]=C.[CH2-]c1ncc(-c2ccccc2)c(-c2ccccc2)n1.[W+2]. The van der Waals surface area contributed by atoms with Crippen LogP contribution in [0.15, 0.2) is 73.4 Å². The molecule has 0 aliphatic rings. The molecule has 0 N–H and O–H groups in total. The smallest absolute Gasteiger partial charge is 0.521 e. The van der Waals surface area contributed by atoms with E-state index in [1.807, 2.05) is 54.7 Å². The van der Waals surface area contributed by atoms with E-state index in [0.717, 1.165) is 22.4 Å². The Morgan fingerprint density at radius 1 is 0.818 bits per heavy atom. The summed E-state index contributed by atoms with van der Waals surface area (Å²) in [4.78, 5) is 8.72. The molecular weight excluding hydrogens is 440 g/mol. The summed E-state index contributed by atoms with van der Waals surface area (Å²) in [5.41, 5.74) is 4.14. The molecule has 0 atom stereocenters. The van der Waals surface area contributed by atoms with Gasteiger partial charge in [-0.05, 0) is 11.4 Å². The molecule has 1 heterocycles. The summed E-state index contributed by atoms with van der Waals surface area (Å²) in [6.07, 6.45) is 1.84. The van der Waals surface area contributed by atoms with E-state index in [1.54, 1.807) is 0 Å². The maximum Gasteiger partial charge on any atom is 2.00 e. The summed E-state index contributed by atoms with van der Waals surface area (Å²) < 4.78 is 0. The molecule has 3 aromatic rings. The minimum absolute atomic E-state index is 0. The quantitative estimate of drug-likeness (QED) is 0.528. The van der Waals surface area contributed by atoms with Crippen molar-refractivity contribution in [1.29, 1.82) is 0 Å². The van der Waals surface area contributed by atoms with E-state index < -0.39 is 0 Å². The molecule has 0 radical (unpaired) electrons. The number of hydrogen-bond donors (Lipinski definition) is 0. The number of rotatable bonds is 2. The van der Waals surface area contributed by atoms with Crippen LogP contribution in [-0.2, 0) is 21.1 Å². The maximum absolute atomic E-state index is 4.50. The van der Waals surface area contributed by atoms with E-state index in [9.17, 15) is 0 Å². The molecule has 22 heavy (non-hydrogen) atoms. The Hall–Kier alpha value is -2.18. The van der Waals surface area contributed by atoms with Crippen molar-refractivity contribution in [2.45, 2.75) is 0 Å². The Kier molecular flexibility index (Phi) is 7.28. The molecule has 2 aromatic carbocycles. The van der Waals surface area contributed by atoms with Gasteiger partial charge < -0.3 is 13.5 Å². The predicted octanol–water partition coefficient (Wildman–Crippen LogP) is 4.60. The first kappa shape index (κ1) is 17.9. The first-order valence-electron chi connectivity index (χ1n) is 6.55. The fourth-order valence-corrected chi connectivity index (χ4v) is 2.06. The third-order valence-electron chi connectivity index (χ3n) is 2.97. The predicted molar refractivity (Wildman–Crippen MR) is 87.3 cm³/mol. The van der Waals surface area contributed by atoms with Crippen molar-refractivity contribution in [2.75, 3.05) is 0 Å². The van der Waals surface area contributed by atoms with Gasteiger partial charge in [-0.1, -0.05) is 60.7 Å². The molecule has 0 saturated heterocycles. The molecule has 0 aliphatic carbocycles. The van der Waals surface area contributed by atoms with Gasteiger partial charge in [0.1, 0.15) is 0 Å². The standard InChI is InChI=1S/C17H13N2.C2H3.W/c1-13-18-12-16(14-8-4-2-5-9-14)17(19-13)15-10-6-3-7-11-15;1-2;/h2-12H,1H2;1H,2H2;/q2*-1;+2. The van der Waals surface area contributed by atoms with E-state index in [4.69, 9.17) is 0 Å². The molecular formula is C19H16N2W. The molecule has 0 spiro atoms. The second kappa shape index (κ2) is 8.96. The number of hydrogen-bond acceptors (Lipinski definition) is 2. The Balaban J connectivity index is 0.000000775. The van der Waals surface area contributed by atoms with Gasteiger partial charge in [0.2, 0.25) is 0 Å². The molecule has 2 nitrogen and oxygen atoms in total. The van der Waals surface area contributed by atoms with Gasteiger partial charge in [-0.25, -0.2) is 0 Å². The first-order valence-corrected chi connectivity index (χ1v) is 6.55. The van der Waals surface area contributed by atoms with Crippen molar-refractivity contribution < 1.29 is 21.1 Å². The van der Waals surface area contributed by atoms with Crippen molar-refractivity contribution in [1.82, 2.24) is 9.97 Å². The molecule has 3 rings (SSSR count). The number of nitrogens with zero attached hydrogens (tertiary/aromatic N) is 2. The van der Waals surface area contributed by atoms with Crippen LogP contribution in [0.1, 0.15) is 5.82 Å². The second-order valence-electron chi connectivity index (χ2n) is 4.28. The zero-order chi connectivity index (χ0) is 15.1. The fourth-order valence-electron chi connectivity index (χ4n) is 2.06. The van der Waals surface area contributed by atoms with Gasteiger partial charge in [0.25, 0.3) is 0 Å². The van der Waals surface area contributed by atoms with E-state index in [2.05, 4.69) is 42.2 Å². The van der Waals surface area contributed by atoms with Gasteiger partial charge >= 0.3 is 21.1 Å². The van der Waals surface area contributed by atoms with Crippen molar-refractivity contribution in [3.05, 3.63) is 92.8 Å². The average Bonchev–Trinajstić information content (AvgIpc) is 2.58. The average molecular weight is 456 g/mol. The minimum atomic E-state index is 0. The minimum Gasteiger partial charge on any atom is -0.521 e. The second-order valence-corrected chi connectivity index (χ2v) is 4.28. The summed E-state index contributed by atoms with van der Waals surface area (Å²) in [6, 6.07) is 20.3. The first-order chi connectivity index (χ1) is 10.3. The van der Waals surface area contributed by atoms with Crippen molar-refractivity contribution in [2.24, 2.45) is 0 Å². The van der Waals surface area contributed by atoms with Crippen LogP contribution in [0.2, 0.25) is 0 Å². The third kappa shape index (κ3) is 4.16. The van der Waals surface area contributed by atoms with Gasteiger partial charge in [0.05, 0.1) is 5.69 Å². The van der Waals surface area contributed by atoms with Gasteiger partial charge in [-0.2, -0.15) is 0 Å². The van der Waals surface area contributed by atoms with Crippen LogP contribution in [0.25, 0.3) is 22.4 Å². The van der Waals surface area contributed by atoms with E-state index in [1.165, 1.54) is 0 Å². The maximum atomic E-state index is 4.50. The molecule has 0 aliphatic heterocycles. The zero-order valence-corrected chi connectivity index (χ0v) is 15.1.